The van der Waals surface area contributed by atoms with Gasteiger partial charge in [-0.3, -0.25) is 9.52 Å². The Balaban J connectivity index is 1.91. The molecule has 3 rings (SSSR count). The first-order chi connectivity index (χ1) is 14.0. The predicted molar refractivity (Wildman–Crippen MR) is 110 cm³/mol. The highest BCUT2D eigenvalue weighted by Gasteiger charge is 2.24. The summed E-state index contributed by atoms with van der Waals surface area (Å²) in [5.41, 5.74) is 0.471. The molecule has 5 nitrogen and oxygen atoms in total. The fourth-order valence-corrected chi connectivity index (χ4v) is 3.89. The molecular weight excluding hydrogens is 436 g/mol. The summed E-state index contributed by atoms with van der Waals surface area (Å²) >= 11 is 6.00. The van der Waals surface area contributed by atoms with Crippen LogP contribution in [0, 0.1) is 0 Å². The van der Waals surface area contributed by atoms with Crippen molar-refractivity contribution in [2.45, 2.75) is 17.9 Å². The number of sulfonamides is 1. The predicted octanol–water partition coefficient (Wildman–Crippen LogP) is 5.36. The van der Waals surface area contributed by atoms with Crippen molar-refractivity contribution in [2.24, 2.45) is 0 Å². The number of nitrogens with one attached hydrogen (secondary N) is 1. The molecule has 9 heteroatoms. The van der Waals surface area contributed by atoms with Gasteiger partial charge < -0.3 is 4.74 Å². The lowest BCUT2D eigenvalue weighted by atomic mass is 10.0. The van der Waals surface area contributed by atoms with E-state index in [1.54, 1.807) is 30.3 Å². The number of hydrogen-bond donors (Lipinski definition) is 1. The van der Waals surface area contributed by atoms with Crippen molar-refractivity contribution in [3.05, 3.63) is 88.9 Å². The van der Waals surface area contributed by atoms with Crippen LogP contribution in [0.25, 0.3) is 0 Å². The van der Waals surface area contributed by atoms with Crippen LogP contribution in [0.15, 0.2) is 77.7 Å². The Labute approximate surface area is 177 Å². The van der Waals surface area contributed by atoms with E-state index in [1.807, 2.05) is 0 Å². The van der Waals surface area contributed by atoms with E-state index in [-0.39, 0.29) is 26.9 Å². The maximum absolute atomic E-state index is 12.9. The van der Waals surface area contributed by atoms with E-state index in [0.717, 1.165) is 24.3 Å². The highest BCUT2D eigenvalue weighted by Crippen LogP contribution is 2.27. The lowest BCUT2D eigenvalue weighted by molar-refractivity contribution is -0.158. The number of rotatable bonds is 7. The Morgan fingerprint density at radius 3 is 2.23 bits per heavy atom. The Morgan fingerprint density at radius 2 is 1.63 bits per heavy atom. The molecule has 0 amide bonds. The van der Waals surface area contributed by atoms with Gasteiger partial charge >= 0.3 is 6.11 Å². The zero-order valence-electron chi connectivity index (χ0n) is 15.6. The minimum atomic E-state index is -4.11. The van der Waals surface area contributed by atoms with Crippen molar-refractivity contribution < 1.29 is 26.7 Å². The van der Waals surface area contributed by atoms with Crippen LogP contribution in [0.3, 0.4) is 0 Å². The van der Waals surface area contributed by atoms with E-state index < -0.39 is 21.9 Å². The normalized spacial score (nSPS) is 11.7. The van der Waals surface area contributed by atoms with E-state index in [0.29, 0.717) is 12.5 Å². The van der Waals surface area contributed by atoms with E-state index in [2.05, 4.69) is 9.46 Å². The van der Waals surface area contributed by atoms with Crippen LogP contribution in [0.2, 0.25) is 5.02 Å². The molecule has 0 radical (unpaired) electrons. The maximum Gasteiger partial charge on any atom is 0.394 e. The lowest BCUT2D eigenvalue weighted by Crippen LogP contribution is -2.19. The summed E-state index contributed by atoms with van der Waals surface area (Å²) in [6.45, 7) is 0.574. The minimum Gasteiger partial charge on any atom is -0.433 e. The molecule has 1 N–H and O–H groups in total. The fourth-order valence-electron chi connectivity index (χ4n) is 2.64. The van der Waals surface area contributed by atoms with E-state index in [1.165, 1.54) is 18.2 Å². The van der Waals surface area contributed by atoms with Crippen molar-refractivity contribution in [3.8, 4) is 5.75 Å². The zero-order chi connectivity index (χ0) is 21.9. The Morgan fingerprint density at radius 1 is 1.00 bits per heavy atom. The van der Waals surface area contributed by atoms with Gasteiger partial charge in [0.25, 0.3) is 10.0 Å². The fraction of sp³-hybridized carbons (Fsp3) is 0.0952. The number of halogens is 3. The molecule has 0 saturated carbocycles. The third-order valence-corrected chi connectivity index (χ3v) is 5.55. The smallest absolute Gasteiger partial charge is 0.394 e. The molecule has 0 spiro atoms. The Kier molecular flexibility index (Phi) is 6.09. The molecular formula is C21H16ClF2NO4S. The number of carbonyl (C=O) groups is 1. The second kappa shape index (κ2) is 8.41. The standard InChI is InChI=1S/C21H16ClF2NO4S/c1-21(23,24)29-16-8-10-17(11-9-16)30(27,28)25-19-12-7-15(22)13-18(19)20(26)14-5-3-2-4-6-14/h2-13,25H,1H3. The molecule has 0 unspecified atom stereocenters. The summed E-state index contributed by atoms with van der Waals surface area (Å²) in [7, 11) is -4.11. The zero-order valence-corrected chi connectivity index (χ0v) is 17.2. The van der Waals surface area contributed by atoms with Gasteiger partial charge in [0.05, 0.1) is 10.6 Å². The first-order valence-corrected chi connectivity index (χ1v) is 10.5. The van der Waals surface area contributed by atoms with Gasteiger partial charge in [0.1, 0.15) is 5.75 Å². The quantitative estimate of drug-likeness (QED) is 0.490. The van der Waals surface area contributed by atoms with Crippen molar-refractivity contribution >= 4 is 33.1 Å². The van der Waals surface area contributed by atoms with Crippen LogP contribution < -0.4 is 9.46 Å². The molecule has 0 aliphatic rings. The Hall–Kier alpha value is -2.97. The molecule has 0 aliphatic carbocycles. The molecule has 0 aliphatic heterocycles. The van der Waals surface area contributed by atoms with Gasteiger partial charge in [0.2, 0.25) is 0 Å². The van der Waals surface area contributed by atoms with Gasteiger partial charge in [-0.1, -0.05) is 41.9 Å². The second-order valence-corrected chi connectivity index (χ2v) is 8.49. The molecule has 0 heterocycles. The first-order valence-electron chi connectivity index (χ1n) is 8.64. The number of benzene rings is 3. The maximum atomic E-state index is 12.9. The molecule has 0 bridgehead atoms. The molecule has 3 aromatic rings. The highest BCUT2D eigenvalue weighted by molar-refractivity contribution is 7.92. The SMILES string of the molecule is CC(F)(F)Oc1ccc(S(=O)(=O)Nc2ccc(Cl)cc2C(=O)c2ccccc2)cc1. The summed E-state index contributed by atoms with van der Waals surface area (Å²) in [5, 5.41) is 0.263. The van der Waals surface area contributed by atoms with Crippen LogP contribution in [-0.4, -0.2) is 20.3 Å². The van der Waals surface area contributed by atoms with Gasteiger partial charge in [0, 0.05) is 23.1 Å². The molecule has 0 aromatic heterocycles. The molecule has 3 aromatic carbocycles. The van der Waals surface area contributed by atoms with Crippen molar-refractivity contribution in [2.75, 3.05) is 4.72 Å². The molecule has 0 saturated heterocycles. The van der Waals surface area contributed by atoms with Gasteiger partial charge in [-0.05, 0) is 42.5 Å². The molecule has 30 heavy (non-hydrogen) atoms. The summed E-state index contributed by atoms with van der Waals surface area (Å²) in [4.78, 5) is 12.6. The summed E-state index contributed by atoms with van der Waals surface area (Å²) in [5.74, 6) is -0.599. The number of hydrogen-bond acceptors (Lipinski definition) is 4. The average Bonchev–Trinajstić information content (AvgIpc) is 2.68. The summed E-state index contributed by atoms with van der Waals surface area (Å²) < 4.78 is 58.1. The van der Waals surface area contributed by atoms with E-state index in [4.69, 9.17) is 11.6 Å². The summed E-state index contributed by atoms with van der Waals surface area (Å²) in [6, 6.07) is 17.0. The average molecular weight is 452 g/mol. The highest BCUT2D eigenvalue weighted by atomic mass is 35.5. The number of ether oxygens (including phenoxy) is 1. The molecule has 0 atom stereocenters. The molecule has 156 valence electrons. The number of ketones is 1. The summed E-state index contributed by atoms with van der Waals surface area (Å²) in [6.07, 6.45) is -3.39. The van der Waals surface area contributed by atoms with Crippen LogP contribution in [0.1, 0.15) is 22.8 Å². The van der Waals surface area contributed by atoms with Crippen LogP contribution >= 0.6 is 11.6 Å². The van der Waals surface area contributed by atoms with Gasteiger partial charge in [-0.15, -0.1) is 0 Å². The minimum absolute atomic E-state index is 0.0358. The second-order valence-electron chi connectivity index (χ2n) is 6.37. The number of anilines is 1. The third kappa shape index (κ3) is 5.34. The van der Waals surface area contributed by atoms with Crippen LogP contribution in [0.4, 0.5) is 14.5 Å². The first kappa shape index (κ1) is 21.7. The van der Waals surface area contributed by atoms with Gasteiger partial charge in [-0.25, -0.2) is 8.42 Å². The van der Waals surface area contributed by atoms with Crippen molar-refractivity contribution in [1.29, 1.82) is 0 Å². The Bertz CT molecular complexity index is 1160. The lowest BCUT2D eigenvalue weighted by Gasteiger charge is -2.14. The van der Waals surface area contributed by atoms with Crippen molar-refractivity contribution in [3.63, 3.8) is 0 Å². The van der Waals surface area contributed by atoms with Gasteiger partial charge in [-0.2, -0.15) is 8.78 Å². The largest absolute Gasteiger partial charge is 0.433 e. The van der Waals surface area contributed by atoms with E-state index in [9.17, 15) is 22.0 Å². The van der Waals surface area contributed by atoms with Crippen LogP contribution in [0.5, 0.6) is 5.75 Å². The van der Waals surface area contributed by atoms with Gasteiger partial charge in [0.15, 0.2) is 5.78 Å². The third-order valence-electron chi connectivity index (χ3n) is 3.94. The van der Waals surface area contributed by atoms with E-state index >= 15 is 0 Å². The van der Waals surface area contributed by atoms with Crippen molar-refractivity contribution in [1.82, 2.24) is 0 Å². The molecule has 0 fully saturated rings. The van der Waals surface area contributed by atoms with Crippen LogP contribution in [-0.2, 0) is 10.0 Å². The monoisotopic (exact) mass is 451 g/mol. The topological polar surface area (TPSA) is 72.5 Å². The number of carbonyl (C=O) groups excluding carboxylic acids is 1. The number of alkyl halides is 2.